The van der Waals surface area contributed by atoms with E-state index in [-0.39, 0.29) is 5.41 Å². The quantitative estimate of drug-likeness (QED) is 0.604. The first-order valence-corrected chi connectivity index (χ1v) is 3.86. The summed E-state index contributed by atoms with van der Waals surface area (Å²) in [6.45, 7) is 6.26. The molecule has 0 aliphatic heterocycles. The second-order valence-corrected chi connectivity index (χ2v) is 3.65. The first-order valence-electron chi connectivity index (χ1n) is 3.86. The van der Waals surface area contributed by atoms with E-state index >= 15 is 0 Å². The largest absolute Gasteiger partial charge is 0.410 e. The van der Waals surface area contributed by atoms with Gasteiger partial charge in [0.05, 0.1) is 11.9 Å². The Labute approximate surface area is 72.4 Å². The zero-order valence-corrected chi connectivity index (χ0v) is 7.70. The molecule has 1 rings (SSSR count). The number of quaternary nitrogens is 1. The first-order chi connectivity index (χ1) is 5.54. The molecule has 0 amide bonds. The van der Waals surface area contributed by atoms with Crippen LogP contribution in [-0.2, 0) is 5.41 Å². The van der Waals surface area contributed by atoms with Crippen LogP contribution in [0.25, 0.3) is 0 Å². The predicted octanol–water partition coefficient (Wildman–Crippen LogP) is 0.156. The molecule has 0 aromatic carbocycles. The van der Waals surface area contributed by atoms with Crippen molar-refractivity contribution in [3.63, 3.8) is 0 Å². The minimum absolute atomic E-state index is 0.0215. The van der Waals surface area contributed by atoms with Crippen molar-refractivity contribution in [2.24, 2.45) is 0 Å². The summed E-state index contributed by atoms with van der Waals surface area (Å²) in [6, 6.07) is 0. The van der Waals surface area contributed by atoms with E-state index in [9.17, 15) is 0 Å². The number of hydrogen-bond acceptors (Lipinski definition) is 3. The van der Waals surface area contributed by atoms with Gasteiger partial charge in [-0.05, 0) is 0 Å². The third-order valence-corrected chi connectivity index (χ3v) is 1.53. The molecule has 66 valence electrons. The Balaban J connectivity index is 3.02. The number of nitrogens with zero attached hydrogens (tertiary/aromatic N) is 3. The lowest BCUT2D eigenvalue weighted by Crippen LogP contribution is -2.71. The van der Waals surface area contributed by atoms with Crippen LogP contribution < -0.4 is 5.32 Å². The summed E-state index contributed by atoms with van der Waals surface area (Å²) < 4.78 is 0. The van der Waals surface area contributed by atoms with Crippen LogP contribution in [0.5, 0.6) is 0 Å². The fourth-order valence-corrected chi connectivity index (χ4v) is 0.765. The van der Waals surface area contributed by atoms with Gasteiger partial charge in [-0.25, -0.2) is 0 Å². The standard InChI is InChI=1S/C8H14N4/c1-8(2,3)6-5-10-12-7(9-4)11-6/h5H,4,9H2,1-3H3. The molecule has 0 saturated carbocycles. The zero-order chi connectivity index (χ0) is 9.19. The number of rotatable bonds is 1. The Bertz CT molecular complexity index is 264. The molecule has 0 radical (unpaired) electrons. The van der Waals surface area contributed by atoms with Gasteiger partial charge in [0.2, 0.25) is 0 Å². The van der Waals surface area contributed by atoms with Gasteiger partial charge in [-0.1, -0.05) is 25.9 Å². The van der Waals surface area contributed by atoms with Crippen molar-refractivity contribution in [1.29, 1.82) is 0 Å². The molecular formula is C8H14N4. The average molecular weight is 166 g/mol. The maximum atomic E-state index is 4.27. The highest BCUT2D eigenvalue weighted by Crippen LogP contribution is 2.18. The molecule has 0 unspecified atom stereocenters. The van der Waals surface area contributed by atoms with E-state index in [1.807, 2.05) is 0 Å². The third kappa shape index (κ3) is 1.98. The fraction of sp³-hybridized carbons (Fsp3) is 0.500. The highest BCUT2D eigenvalue weighted by molar-refractivity contribution is 5.12. The van der Waals surface area contributed by atoms with Crippen LogP contribution in [0.2, 0.25) is 0 Å². The Hall–Kier alpha value is -1.03. The molecule has 1 heterocycles. The number of hydrogen-bond donors (Lipinski definition) is 1. The van der Waals surface area contributed by atoms with Gasteiger partial charge in [0, 0.05) is 5.41 Å². The van der Waals surface area contributed by atoms with Gasteiger partial charge in [-0.15, -0.1) is 7.05 Å². The van der Waals surface area contributed by atoms with Crippen molar-refractivity contribution in [3.05, 3.63) is 18.9 Å². The third-order valence-electron chi connectivity index (χ3n) is 1.53. The van der Waals surface area contributed by atoms with Gasteiger partial charge >= 0.3 is 5.95 Å². The molecule has 0 spiro atoms. The molecule has 0 aliphatic carbocycles. The molecule has 1 aromatic heterocycles. The van der Waals surface area contributed by atoms with Gasteiger partial charge in [-0.3, -0.25) is 0 Å². The van der Waals surface area contributed by atoms with E-state index in [0.29, 0.717) is 5.95 Å². The zero-order valence-electron chi connectivity index (χ0n) is 7.70. The summed E-state index contributed by atoms with van der Waals surface area (Å²) in [5, 5.41) is 9.23. The molecule has 0 fully saturated rings. The highest BCUT2D eigenvalue weighted by Gasteiger charge is 2.16. The summed E-state index contributed by atoms with van der Waals surface area (Å²) >= 11 is 0. The molecule has 2 N–H and O–H groups in total. The molecule has 4 heteroatoms. The van der Waals surface area contributed by atoms with Gasteiger partial charge in [0.15, 0.2) is 0 Å². The van der Waals surface area contributed by atoms with Crippen LogP contribution in [0.4, 0.5) is 5.95 Å². The lowest BCUT2D eigenvalue weighted by molar-refractivity contribution is -0.513. The average Bonchev–Trinajstić information content (AvgIpc) is 2.03. The molecule has 0 saturated heterocycles. The van der Waals surface area contributed by atoms with Gasteiger partial charge < -0.3 is 5.32 Å². The first kappa shape index (κ1) is 9.06. The van der Waals surface area contributed by atoms with Crippen molar-refractivity contribution in [2.45, 2.75) is 26.2 Å². The lowest BCUT2D eigenvalue weighted by atomic mass is 9.93. The van der Waals surface area contributed by atoms with Crippen LogP contribution in [0.15, 0.2) is 6.20 Å². The summed E-state index contributed by atoms with van der Waals surface area (Å²) in [7, 11) is 3.59. The topological polar surface area (TPSA) is 55.3 Å². The van der Waals surface area contributed by atoms with E-state index in [2.05, 4.69) is 43.0 Å². The Morgan fingerprint density at radius 3 is 2.58 bits per heavy atom. The smallest absolute Gasteiger partial charge is 0.317 e. The molecule has 0 atom stereocenters. The van der Waals surface area contributed by atoms with Crippen LogP contribution in [0.1, 0.15) is 26.5 Å². The Kier molecular flexibility index (Phi) is 2.38. The predicted molar refractivity (Wildman–Crippen MR) is 45.5 cm³/mol. The van der Waals surface area contributed by atoms with E-state index < -0.39 is 0 Å². The van der Waals surface area contributed by atoms with Crippen molar-refractivity contribution in [3.8, 4) is 0 Å². The van der Waals surface area contributed by atoms with Crippen LogP contribution in [-0.4, -0.2) is 15.2 Å². The molecule has 4 nitrogen and oxygen atoms in total. The highest BCUT2D eigenvalue weighted by atomic mass is 15.2. The number of aromatic nitrogens is 3. The molecule has 0 bridgehead atoms. The van der Waals surface area contributed by atoms with Crippen molar-refractivity contribution < 1.29 is 5.32 Å². The molecule has 1 aromatic rings. The van der Waals surface area contributed by atoms with Crippen molar-refractivity contribution >= 4 is 5.95 Å². The van der Waals surface area contributed by atoms with E-state index in [1.54, 1.807) is 11.5 Å². The van der Waals surface area contributed by atoms with Gasteiger partial charge in [0.25, 0.3) is 0 Å². The van der Waals surface area contributed by atoms with Crippen LogP contribution >= 0.6 is 0 Å². The van der Waals surface area contributed by atoms with Crippen molar-refractivity contribution in [1.82, 2.24) is 15.2 Å². The second-order valence-electron chi connectivity index (χ2n) is 3.65. The minimum Gasteiger partial charge on any atom is -0.410 e. The van der Waals surface area contributed by atoms with Gasteiger partial charge in [-0.2, -0.15) is 10.1 Å². The lowest BCUT2D eigenvalue weighted by Gasteiger charge is -2.16. The van der Waals surface area contributed by atoms with E-state index in [1.165, 1.54) is 0 Å². The summed E-state index contributed by atoms with van der Waals surface area (Å²) in [5.41, 5.74) is 0.959. The maximum Gasteiger partial charge on any atom is 0.317 e. The Morgan fingerprint density at radius 2 is 2.08 bits per heavy atom. The molecule has 0 aliphatic rings. The maximum absolute atomic E-state index is 4.27. The molecular weight excluding hydrogens is 152 g/mol. The monoisotopic (exact) mass is 166 g/mol. The van der Waals surface area contributed by atoms with Gasteiger partial charge in [0.1, 0.15) is 0 Å². The normalized spacial score (nSPS) is 11.7. The van der Waals surface area contributed by atoms with Crippen LogP contribution in [0.3, 0.4) is 0 Å². The molecule has 12 heavy (non-hydrogen) atoms. The SMILES string of the molecule is [CH2-][NH2+]c1nncc(C(C)(C)C)n1. The summed E-state index contributed by atoms with van der Waals surface area (Å²) in [4.78, 5) is 4.27. The van der Waals surface area contributed by atoms with E-state index in [4.69, 9.17) is 0 Å². The fourth-order valence-electron chi connectivity index (χ4n) is 0.765. The van der Waals surface area contributed by atoms with Crippen LogP contribution in [0, 0.1) is 7.05 Å². The Morgan fingerprint density at radius 1 is 1.42 bits per heavy atom. The van der Waals surface area contributed by atoms with Crippen molar-refractivity contribution in [2.75, 3.05) is 0 Å². The van der Waals surface area contributed by atoms with E-state index in [0.717, 1.165) is 5.69 Å². The number of nitrogens with two attached hydrogens (primary N) is 1. The summed E-state index contributed by atoms with van der Waals surface area (Å²) in [5.74, 6) is 0.586. The summed E-state index contributed by atoms with van der Waals surface area (Å²) in [6.07, 6.45) is 1.69. The minimum atomic E-state index is 0.0215. The second kappa shape index (κ2) is 3.15.